The summed E-state index contributed by atoms with van der Waals surface area (Å²) in [5.41, 5.74) is 7.34. The molecule has 1 amide bonds. The molecule has 198 valence electrons. The lowest BCUT2D eigenvalue weighted by Crippen LogP contribution is -2.28. The van der Waals surface area contributed by atoms with E-state index in [9.17, 15) is 18.4 Å². The normalized spacial score (nSPS) is 15.4. The second-order valence-electron chi connectivity index (χ2n) is 9.12. The number of anilines is 2. The van der Waals surface area contributed by atoms with E-state index >= 15 is 0 Å². The molecule has 5 rings (SSSR count). The van der Waals surface area contributed by atoms with Gasteiger partial charge >= 0.3 is 0 Å². The zero-order valence-corrected chi connectivity index (χ0v) is 20.9. The Morgan fingerprint density at radius 2 is 1.92 bits per heavy atom. The number of methoxy groups -OCH3 is 1. The minimum atomic E-state index is -0.977. The number of hydrogen-bond acceptors (Lipinski definition) is 7. The number of benzene rings is 2. The number of nitrogens with one attached hydrogen (secondary N) is 1. The van der Waals surface area contributed by atoms with Crippen molar-refractivity contribution in [2.45, 2.75) is 25.9 Å². The standard InChI is InChI=1S/C26H27F2N7O3/c1-15-30-23-21(34(15)12-13-38-2)8-6-19(25(23)33-11-10-16(29)14-33)31-26(37)20-7-9-22(36)35(32-20)24-17(27)4-3-5-18(24)28/h3-9,16H,10-14,29H2,1-2H3,(H,31,37)/t16-/m0/s1. The molecule has 10 nitrogen and oxygen atoms in total. The van der Waals surface area contributed by atoms with Gasteiger partial charge in [0.1, 0.15) is 22.7 Å². The van der Waals surface area contributed by atoms with Crippen LogP contribution in [-0.4, -0.2) is 58.1 Å². The van der Waals surface area contributed by atoms with E-state index in [0.717, 1.165) is 41.6 Å². The fourth-order valence-electron chi connectivity index (χ4n) is 4.74. The van der Waals surface area contributed by atoms with Gasteiger partial charge in [-0.3, -0.25) is 9.59 Å². The number of para-hydroxylation sites is 1. The Morgan fingerprint density at radius 1 is 1.16 bits per heavy atom. The van der Waals surface area contributed by atoms with E-state index in [1.807, 2.05) is 17.6 Å². The van der Waals surface area contributed by atoms with E-state index < -0.39 is 28.8 Å². The van der Waals surface area contributed by atoms with Gasteiger partial charge in [-0.2, -0.15) is 9.78 Å². The molecule has 4 aromatic rings. The molecule has 0 aliphatic carbocycles. The lowest BCUT2D eigenvalue weighted by Gasteiger charge is -2.22. The highest BCUT2D eigenvalue weighted by molar-refractivity contribution is 6.08. The molecule has 1 aliphatic heterocycles. The average Bonchev–Trinajstić information content (AvgIpc) is 3.45. The molecule has 2 aromatic heterocycles. The molecule has 1 fully saturated rings. The first kappa shape index (κ1) is 25.5. The third-order valence-electron chi connectivity index (χ3n) is 6.58. The maximum absolute atomic E-state index is 14.3. The van der Waals surface area contributed by atoms with Crippen LogP contribution in [0.3, 0.4) is 0 Å². The summed E-state index contributed by atoms with van der Waals surface area (Å²) in [7, 11) is 1.64. The third kappa shape index (κ3) is 4.63. The van der Waals surface area contributed by atoms with Crippen LogP contribution in [0.5, 0.6) is 0 Å². The van der Waals surface area contributed by atoms with Crippen molar-refractivity contribution in [1.29, 1.82) is 0 Å². The molecule has 1 atom stereocenters. The van der Waals surface area contributed by atoms with Crippen molar-refractivity contribution in [2.75, 3.05) is 37.0 Å². The number of carbonyl (C=O) groups is 1. The highest BCUT2D eigenvalue weighted by Gasteiger charge is 2.27. The molecule has 0 unspecified atom stereocenters. The van der Waals surface area contributed by atoms with Crippen molar-refractivity contribution in [3.05, 3.63) is 76.0 Å². The van der Waals surface area contributed by atoms with Crippen LogP contribution in [0, 0.1) is 18.6 Å². The van der Waals surface area contributed by atoms with Crippen LogP contribution in [0.25, 0.3) is 16.7 Å². The number of amides is 1. The lowest BCUT2D eigenvalue weighted by atomic mass is 10.2. The van der Waals surface area contributed by atoms with Gasteiger partial charge < -0.3 is 25.3 Å². The Kier molecular flexibility index (Phi) is 6.91. The minimum Gasteiger partial charge on any atom is -0.383 e. The molecule has 0 radical (unpaired) electrons. The van der Waals surface area contributed by atoms with E-state index in [1.165, 1.54) is 12.1 Å². The zero-order valence-electron chi connectivity index (χ0n) is 20.9. The summed E-state index contributed by atoms with van der Waals surface area (Å²) in [6.07, 6.45) is 0.786. The van der Waals surface area contributed by atoms with Gasteiger partial charge in [0, 0.05) is 38.9 Å². The second-order valence-corrected chi connectivity index (χ2v) is 9.12. The molecule has 3 N–H and O–H groups in total. The number of nitrogens with two attached hydrogens (primary N) is 1. The number of halogens is 2. The first-order valence-electron chi connectivity index (χ1n) is 12.1. The summed E-state index contributed by atoms with van der Waals surface area (Å²) < 4.78 is 36.5. The number of imidazole rings is 1. The maximum Gasteiger partial charge on any atom is 0.276 e. The molecule has 1 saturated heterocycles. The average molecular weight is 524 g/mol. The van der Waals surface area contributed by atoms with Crippen LogP contribution < -0.4 is 21.5 Å². The van der Waals surface area contributed by atoms with Gasteiger partial charge in [0.05, 0.1) is 23.5 Å². The molecule has 2 aromatic carbocycles. The van der Waals surface area contributed by atoms with E-state index in [0.29, 0.717) is 42.1 Å². The van der Waals surface area contributed by atoms with Crippen molar-refractivity contribution < 1.29 is 18.3 Å². The predicted octanol–water partition coefficient (Wildman–Crippen LogP) is 2.60. The van der Waals surface area contributed by atoms with Gasteiger partial charge in [-0.05, 0) is 43.7 Å². The van der Waals surface area contributed by atoms with Gasteiger partial charge in [-0.1, -0.05) is 6.07 Å². The number of fused-ring (bicyclic) bond motifs is 1. The lowest BCUT2D eigenvalue weighted by molar-refractivity contribution is 0.102. The Balaban J connectivity index is 1.55. The fraction of sp³-hybridized carbons (Fsp3) is 0.308. The number of aryl methyl sites for hydroxylation is 1. The summed E-state index contributed by atoms with van der Waals surface area (Å²) in [4.78, 5) is 32.5. The molecule has 3 heterocycles. The van der Waals surface area contributed by atoms with E-state index in [2.05, 4.69) is 15.3 Å². The van der Waals surface area contributed by atoms with Crippen molar-refractivity contribution in [2.24, 2.45) is 5.73 Å². The van der Waals surface area contributed by atoms with Crippen LogP contribution in [-0.2, 0) is 11.3 Å². The van der Waals surface area contributed by atoms with E-state index in [1.54, 1.807) is 13.2 Å². The smallest absolute Gasteiger partial charge is 0.276 e. The second kappa shape index (κ2) is 10.3. The van der Waals surface area contributed by atoms with Crippen LogP contribution in [0.15, 0.2) is 47.3 Å². The molecule has 0 bridgehead atoms. The van der Waals surface area contributed by atoms with Gasteiger partial charge in [-0.25, -0.2) is 13.8 Å². The van der Waals surface area contributed by atoms with Crippen LogP contribution in [0.2, 0.25) is 0 Å². The van der Waals surface area contributed by atoms with Crippen molar-refractivity contribution in [1.82, 2.24) is 19.3 Å². The Hall–Kier alpha value is -4.16. The fourth-order valence-corrected chi connectivity index (χ4v) is 4.74. The molecular weight excluding hydrogens is 496 g/mol. The summed E-state index contributed by atoms with van der Waals surface area (Å²) in [5.74, 6) is -1.81. The molecule has 0 saturated carbocycles. The van der Waals surface area contributed by atoms with Gasteiger partial charge in [0.15, 0.2) is 11.6 Å². The minimum absolute atomic E-state index is 0.0219. The topological polar surface area (TPSA) is 120 Å². The third-order valence-corrected chi connectivity index (χ3v) is 6.58. The van der Waals surface area contributed by atoms with Crippen LogP contribution in [0.1, 0.15) is 22.7 Å². The SMILES string of the molecule is COCCn1c(C)nc2c(N3CC[C@H](N)C3)c(NC(=O)c3ccc(=O)n(-c4c(F)cccc4F)n3)ccc21. The van der Waals surface area contributed by atoms with Crippen molar-refractivity contribution >= 4 is 28.3 Å². The number of carbonyl (C=O) groups excluding carboxylic acids is 1. The Labute approximate surface area is 216 Å². The monoisotopic (exact) mass is 523 g/mol. The molecular formula is C26H27F2N7O3. The van der Waals surface area contributed by atoms with Gasteiger partial charge in [0.25, 0.3) is 11.5 Å². The number of ether oxygens (including phenoxy) is 1. The summed E-state index contributed by atoms with van der Waals surface area (Å²) in [6, 6.07) is 9.06. The Morgan fingerprint density at radius 3 is 2.61 bits per heavy atom. The van der Waals surface area contributed by atoms with Crippen LogP contribution in [0.4, 0.5) is 20.2 Å². The molecule has 12 heteroatoms. The summed E-state index contributed by atoms with van der Waals surface area (Å²) in [6.45, 7) is 4.30. The maximum atomic E-state index is 14.3. The number of aromatic nitrogens is 4. The summed E-state index contributed by atoms with van der Waals surface area (Å²) >= 11 is 0. The number of nitrogens with zero attached hydrogens (tertiary/aromatic N) is 5. The quantitative estimate of drug-likeness (QED) is 0.382. The summed E-state index contributed by atoms with van der Waals surface area (Å²) in [5, 5.41) is 6.81. The zero-order chi connectivity index (χ0) is 27.0. The predicted molar refractivity (Wildman–Crippen MR) is 139 cm³/mol. The molecule has 1 aliphatic rings. The first-order chi connectivity index (χ1) is 18.3. The van der Waals surface area contributed by atoms with E-state index in [-0.39, 0.29) is 11.7 Å². The van der Waals surface area contributed by atoms with Crippen LogP contribution >= 0.6 is 0 Å². The Bertz CT molecular complexity index is 1560. The molecule has 0 spiro atoms. The first-order valence-corrected chi connectivity index (χ1v) is 12.1. The van der Waals surface area contributed by atoms with E-state index in [4.69, 9.17) is 15.5 Å². The highest BCUT2D eigenvalue weighted by atomic mass is 19.1. The highest BCUT2D eigenvalue weighted by Crippen LogP contribution is 2.37. The van der Waals surface area contributed by atoms with Crippen molar-refractivity contribution in [3.63, 3.8) is 0 Å². The number of hydrogen-bond donors (Lipinski definition) is 2. The van der Waals surface area contributed by atoms with Gasteiger partial charge in [0.2, 0.25) is 0 Å². The number of rotatable bonds is 7. The van der Waals surface area contributed by atoms with Crippen molar-refractivity contribution in [3.8, 4) is 5.69 Å². The van der Waals surface area contributed by atoms with Gasteiger partial charge in [-0.15, -0.1) is 0 Å². The largest absolute Gasteiger partial charge is 0.383 e. The molecule has 38 heavy (non-hydrogen) atoms.